The first kappa shape index (κ1) is 24.1. The number of rotatable bonds is 1. The molecule has 0 fully saturated rings. The van der Waals surface area contributed by atoms with E-state index in [2.05, 4.69) is 23.9 Å². The second-order valence-corrected chi connectivity index (χ2v) is 3.53. The van der Waals surface area contributed by atoms with E-state index in [4.69, 9.17) is 0 Å². The monoisotopic (exact) mass is 288 g/mol. The third-order valence-electron chi connectivity index (χ3n) is 2.14. The Balaban J connectivity index is -0.000000224. The largest absolute Gasteiger partial charge is 0.205 e. The zero-order valence-corrected chi connectivity index (χ0v) is 13.7. The summed E-state index contributed by atoms with van der Waals surface area (Å²) in [6, 6.07) is 18.1. The maximum Gasteiger partial charge on any atom is 0.168 e. The van der Waals surface area contributed by atoms with Gasteiger partial charge in [-0.3, -0.25) is 0 Å². The van der Waals surface area contributed by atoms with Gasteiger partial charge in [0, 0.05) is 12.1 Å². The lowest BCUT2D eigenvalue weighted by Crippen LogP contribution is -2.30. The van der Waals surface area contributed by atoms with Gasteiger partial charge in [0.15, 0.2) is 12.4 Å². The lowest BCUT2D eigenvalue weighted by Gasteiger charge is -1.84. The number of aryl methyl sites for hydroxylation is 1. The molecule has 118 valence electrons. The second-order valence-electron chi connectivity index (χ2n) is 3.53. The predicted molar refractivity (Wildman–Crippen MR) is 97.3 cm³/mol. The first-order valence-electron chi connectivity index (χ1n) is 7.36. The summed E-state index contributed by atoms with van der Waals surface area (Å²) in [4.78, 5) is 0. The average Bonchev–Trinajstić information content (AvgIpc) is 2.60. The molecule has 0 aliphatic heterocycles. The summed E-state index contributed by atoms with van der Waals surface area (Å²) in [5, 5.41) is 0. The molecule has 0 saturated carbocycles. The van der Waals surface area contributed by atoms with Crippen LogP contribution in [0.5, 0.6) is 0 Å². The minimum absolute atomic E-state index is 0. The van der Waals surface area contributed by atoms with Crippen molar-refractivity contribution in [3.63, 3.8) is 0 Å². The fraction of sp³-hybridized carbons (Fsp3) is 0.350. The van der Waals surface area contributed by atoms with E-state index in [1.54, 1.807) is 0 Å². The average molecular weight is 288 g/mol. The van der Waals surface area contributed by atoms with Gasteiger partial charge in [-0.15, -0.1) is 0 Å². The first-order valence-corrected chi connectivity index (χ1v) is 7.36. The van der Waals surface area contributed by atoms with E-state index in [1.807, 2.05) is 94.4 Å². The zero-order chi connectivity index (χ0) is 15.5. The Hall–Kier alpha value is -1.89. The summed E-state index contributed by atoms with van der Waals surface area (Å²) >= 11 is 0. The van der Waals surface area contributed by atoms with E-state index in [1.165, 1.54) is 0 Å². The van der Waals surface area contributed by atoms with Gasteiger partial charge < -0.3 is 0 Å². The summed E-state index contributed by atoms with van der Waals surface area (Å²) < 4.78 is 2.12. The molecule has 1 nitrogen and oxygen atoms in total. The van der Waals surface area contributed by atoms with Gasteiger partial charge in [-0.05, 0) is 20.8 Å². The number of hydrogen-bond acceptors (Lipinski definition) is 0. The van der Waals surface area contributed by atoms with Crippen LogP contribution in [0.2, 0.25) is 0 Å². The molecule has 1 heteroatoms. The molecule has 0 radical (unpaired) electrons. The summed E-state index contributed by atoms with van der Waals surface area (Å²) in [7, 11) is 0. The Kier molecular flexibility index (Phi) is 26.7. The summed E-state index contributed by atoms with van der Waals surface area (Å²) in [5.41, 5.74) is 0. The Morgan fingerprint density at radius 1 is 0.667 bits per heavy atom. The Morgan fingerprint density at radius 3 is 1.14 bits per heavy atom. The zero-order valence-electron chi connectivity index (χ0n) is 13.7. The van der Waals surface area contributed by atoms with Crippen molar-refractivity contribution in [2.24, 2.45) is 0 Å². The Labute approximate surface area is 133 Å². The van der Waals surface area contributed by atoms with Gasteiger partial charge in [-0.25, -0.2) is 4.57 Å². The highest BCUT2D eigenvalue weighted by Gasteiger charge is 1.86. The highest BCUT2D eigenvalue weighted by Crippen LogP contribution is 1.80. The fourth-order valence-electron chi connectivity index (χ4n) is 1.03. The van der Waals surface area contributed by atoms with E-state index >= 15 is 0 Å². The molecule has 0 atom stereocenters. The maximum absolute atomic E-state index is 2.12. The molecule has 1 aromatic carbocycles. The van der Waals surface area contributed by atoms with Crippen LogP contribution in [0.3, 0.4) is 0 Å². The fourth-order valence-corrected chi connectivity index (χ4v) is 1.03. The van der Waals surface area contributed by atoms with Crippen molar-refractivity contribution in [2.75, 3.05) is 0 Å². The first-order chi connectivity index (χ1) is 9.85. The third kappa shape index (κ3) is 20.6. The van der Waals surface area contributed by atoms with Crippen molar-refractivity contribution in [3.8, 4) is 0 Å². The van der Waals surface area contributed by atoms with Crippen LogP contribution in [0.4, 0.5) is 0 Å². The SMILES string of the molecule is C.C/C=C/C.CC.CC[n+]1ccccc1.c1ccccc1. The number of allylic oxidation sites excluding steroid dienone is 2. The summed E-state index contributed by atoms with van der Waals surface area (Å²) in [5.74, 6) is 0. The molecule has 0 unspecified atom stereocenters. The minimum atomic E-state index is 0. The van der Waals surface area contributed by atoms with E-state index < -0.39 is 0 Å². The number of nitrogens with zero attached hydrogens (tertiary/aromatic N) is 1. The normalized spacial score (nSPS) is 7.86. The summed E-state index contributed by atoms with van der Waals surface area (Å²) in [6.07, 6.45) is 8.11. The van der Waals surface area contributed by atoms with E-state index in [0.29, 0.717) is 0 Å². The molecule has 0 aliphatic carbocycles. The molecule has 0 saturated heterocycles. The van der Waals surface area contributed by atoms with Crippen LogP contribution in [0, 0.1) is 0 Å². The number of benzene rings is 1. The van der Waals surface area contributed by atoms with Gasteiger partial charge in [0.25, 0.3) is 0 Å². The Morgan fingerprint density at radius 2 is 0.952 bits per heavy atom. The third-order valence-corrected chi connectivity index (χ3v) is 2.14. The van der Waals surface area contributed by atoms with Crippen LogP contribution < -0.4 is 4.57 Å². The van der Waals surface area contributed by atoms with Crippen LogP contribution in [-0.4, -0.2) is 0 Å². The van der Waals surface area contributed by atoms with Gasteiger partial charge in [0.05, 0.1) is 0 Å². The minimum Gasteiger partial charge on any atom is -0.205 e. The van der Waals surface area contributed by atoms with Gasteiger partial charge >= 0.3 is 0 Å². The van der Waals surface area contributed by atoms with Gasteiger partial charge in [-0.2, -0.15) is 0 Å². The van der Waals surface area contributed by atoms with Crippen molar-refractivity contribution >= 4 is 0 Å². The van der Waals surface area contributed by atoms with Crippen LogP contribution in [0.25, 0.3) is 0 Å². The van der Waals surface area contributed by atoms with Crippen LogP contribution in [0.1, 0.15) is 42.0 Å². The van der Waals surface area contributed by atoms with Gasteiger partial charge in [-0.1, -0.05) is 75.9 Å². The topological polar surface area (TPSA) is 3.88 Å². The van der Waals surface area contributed by atoms with E-state index in [9.17, 15) is 0 Å². The number of pyridine rings is 1. The molecule has 1 heterocycles. The van der Waals surface area contributed by atoms with E-state index in [-0.39, 0.29) is 7.43 Å². The van der Waals surface area contributed by atoms with Crippen molar-refractivity contribution in [1.82, 2.24) is 0 Å². The van der Waals surface area contributed by atoms with Gasteiger partial charge in [0.2, 0.25) is 0 Å². The molecule has 0 spiro atoms. The molecular weight excluding hydrogens is 254 g/mol. The van der Waals surface area contributed by atoms with Crippen molar-refractivity contribution in [1.29, 1.82) is 0 Å². The van der Waals surface area contributed by atoms with E-state index in [0.717, 1.165) is 6.54 Å². The maximum atomic E-state index is 2.12. The van der Waals surface area contributed by atoms with Crippen molar-refractivity contribution < 1.29 is 4.57 Å². The highest BCUT2D eigenvalue weighted by molar-refractivity contribution is 4.99. The summed E-state index contributed by atoms with van der Waals surface area (Å²) in [6.45, 7) is 11.2. The number of hydrogen-bond donors (Lipinski definition) is 0. The molecular formula is C20H34N+. The lowest BCUT2D eigenvalue weighted by atomic mass is 10.4. The molecule has 2 rings (SSSR count). The van der Waals surface area contributed by atoms with Crippen LogP contribution in [0.15, 0.2) is 79.1 Å². The lowest BCUT2D eigenvalue weighted by molar-refractivity contribution is -0.693. The molecule has 1 aromatic heterocycles. The molecule has 2 aromatic rings. The molecule has 0 bridgehead atoms. The smallest absolute Gasteiger partial charge is 0.168 e. The molecule has 0 amide bonds. The quantitative estimate of drug-likeness (QED) is 0.452. The van der Waals surface area contributed by atoms with Gasteiger partial charge in [0.1, 0.15) is 6.54 Å². The highest BCUT2D eigenvalue weighted by atomic mass is 14.9. The van der Waals surface area contributed by atoms with Crippen LogP contribution >= 0.6 is 0 Å². The van der Waals surface area contributed by atoms with Crippen molar-refractivity contribution in [2.45, 2.75) is 48.6 Å². The standard InChI is InChI=1S/C7H10N.C6H6.C4H8.C2H6.CH4/c1-2-8-6-4-3-5-7-8;1-2-4-6-5-3-1;1-3-4-2;1-2;/h3-7H,2H2,1H3;1-6H;3-4H,1-2H3;1-2H3;1H4/q+1;;;;/b;;4-3+;;. The van der Waals surface area contributed by atoms with Crippen LogP contribution in [-0.2, 0) is 6.54 Å². The number of aromatic nitrogens is 1. The molecule has 0 aliphatic rings. The predicted octanol–water partition coefficient (Wildman–Crippen LogP) is 5.93. The molecule has 0 N–H and O–H groups in total. The molecule has 21 heavy (non-hydrogen) atoms. The second kappa shape index (κ2) is 23.2. The van der Waals surface area contributed by atoms with Crippen molar-refractivity contribution in [3.05, 3.63) is 79.1 Å². The Bertz CT molecular complexity index is 348.